The van der Waals surface area contributed by atoms with E-state index in [2.05, 4.69) is 33.8 Å². The summed E-state index contributed by atoms with van der Waals surface area (Å²) in [6, 6.07) is 2.20. The van der Waals surface area contributed by atoms with E-state index in [-0.39, 0.29) is 12.5 Å². The number of hydrogen-bond donors (Lipinski definition) is 1. The number of carboxylic acid groups (broad SMARTS) is 1. The highest BCUT2D eigenvalue weighted by atomic mass is 79.9. The molecular weight excluding hydrogens is 342 g/mol. The van der Waals surface area contributed by atoms with Gasteiger partial charge in [-0.15, -0.1) is 11.3 Å². The molecule has 20 heavy (non-hydrogen) atoms. The van der Waals surface area contributed by atoms with Gasteiger partial charge in [-0.05, 0) is 41.8 Å². The lowest BCUT2D eigenvalue weighted by Crippen LogP contribution is -2.36. The Hall–Kier alpha value is -0.430. The first kappa shape index (κ1) is 15.9. The molecule has 1 N–H and O–H groups in total. The minimum absolute atomic E-state index is 0.0999. The Morgan fingerprint density at radius 3 is 2.80 bits per heavy atom. The van der Waals surface area contributed by atoms with Gasteiger partial charge in [0, 0.05) is 33.9 Å². The maximum atomic E-state index is 10.4. The number of carbonyl (C=O) groups is 1. The van der Waals surface area contributed by atoms with Gasteiger partial charge < -0.3 is 9.84 Å². The fraction of sp³-hybridized carbons (Fsp3) is 0.643. The van der Waals surface area contributed by atoms with Gasteiger partial charge in [-0.2, -0.15) is 0 Å². The summed E-state index contributed by atoms with van der Waals surface area (Å²) in [7, 11) is 0. The van der Waals surface area contributed by atoms with Crippen molar-refractivity contribution < 1.29 is 14.6 Å². The lowest BCUT2D eigenvalue weighted by atomic mass is 10.1. The first-order valence-corrected chi connectivity index (χ1v) is 8.46. The minimum atomic E-state index is -0.791. The summed E-state index contributed by atoms with van der Waals surface area (Å²) in [5.41, 5.74) is 0. The van der Waals surface area contributed by atoms with Crippen LogP contribution in [0.2, 0.25) is 0 Å². The van der Waals surface area contributed by atoms with Crippen molar-refractivity contribution in [3.8, 4) is 0 Å². The van der Waals surface area contributed by atoms with Crippen molar-refractivity contribution in [2.75, 3.05) is 19.7 Å². The summed E-state index contributed by atoms with van der Waals surface area (Å²) in [6.45, 7) is 5.50. The smallest absolute Gasteiger partial charge is 0.305 e. The molecule has 1 aromatic rings. The number of halogens is 1. The van der Waals surface area contributed by atoms with Gasteiger partial charge in [-0.3, -0.25) is 9.69 Å². The molecule has 2 heterocycles. The van der Waals surface area contributed by atoms with E-state index in [1.165, 1.54) is 14.2 Å². The second-order valence-electron chi connectivity index (χ2n) is 5.11. The molecule has 2 rings (SSSR count). The molecule has 1 aliphatic heterocycles. The molecule has 0 radical (unpaired) electrons. The second-order valence-corrected chi connectivity index (χ2v) is 7.30. The predicted molar refractivity (Wildman–Crippen MR) is 83.3 cm³/mol. The van der Waals surface area contributed by atoms with Crippen molar-refractivity contribution in [3.05, 3.63) is 20.3 Å². The van der Waals surface area contributed by atoms with E-state index in [0.29, 0.717) is 6.61 Å². The van der Waals surface area contributed by atoms with Gasteiger partial charge in [0.15, 0.2) is 0 Å². The van der Waals surface area contributed by atoms with E-state index in [4.69, 9.17) is 9.84 Å². The van der Waals surface area contributed by atoms with E-state index in [0.717, 1.165) is 32.5 Å². The molecule has 0 atom stereocenters. The van der Waals surface area contributed by atoms with Gasteiger partial charge >= 0.3 is 5.97 Å². The predicted octanol–water partition coefficient (Wildman–Crippen LogP) is 3.27. The Bertz CT molecular complexity index is 436. The van der Waals surface area contributed by atoms with Gasteiger partial charge in [0.05, 0.1) is 19.1 Å². The molecule has 0 spiro atoms. The normalized spacial score (nSPS) is 17.5. The lowest BCUT2D eigenvalue weighted by Gasteiger charge is -2.31. The molecule has 0 aliphatic carbocycles. The summed E-state index contributed by atoms with van der Waals surface area (Å²) in [4.78, 5) is 15.6. The van der Waals surface area contributed by atoms with Crippen LogP contribution in [0.4, 0.5) is 0 Å². The highest BCUT2D eigenvalue weighted by Crippen LogP contribution is 2.28. The SMILES string of the molecule is Cc1sc(CN2CCC(OCCC(=O)O)CC2)cc1Br. The molecule has 0 aromatic carbocycles. The van der Waals surface area contributed by atoms with Crippen molar-refractivity contribution in [2.24, 2.45) is 0 Å². The van der Waals surface area contributed by atoms with Gasteiger partial charge in [-0.1, -0.05) is 0 Å². The zero-order valence-corrected chi connectivity index (χ0v) is 14.0. The number of thiophene rings is 1. The van der Waals surface area contributed by atoms with Crippen LogP contribution in [0.1, 0.15) is 29.0 Å². The average Bonchev–Trinajstić information content (AvgIpc) is 2.70. The monoisotopic (exact) mass is 361 g/mol. The number of likely N-dealkylation sites (tertiary alicyclic amines) is 1. The average molecular weight is 362 g/mol. The van der Waals surface area contributed by atoms with Gasteiger partial charge in [0.2, 0.25) is 0 Å². The Balaban J connectivity index is 1.70. The number of nitrogens with zero attached hydrogens (tertiary/aromatic N) is 1. The zero-order valence-electron chi connectivity index (χ0n) is 11.6. The molecule has 4 nitrogen and oxygen atoms in total. The van der Waals surface area contributed by atoms with E-state index in [9.17, 15) is 4.79 Å². The molecule has 112 valence electrons. The van der Waals surface area contributed by atoms with Gasteiger partial charge in [-0.25, -0.2) is 0 Å². The Morgan fingerprint density at radius 2 is 2.25 bits per heavy atom. The zero-order chi connectivity index (χ0) is 14.5. The van der Waals surface area contributed by atoms with E-state index in [1.807, 2.05) is 11.3 Å². The number of aliphatic carboxylic acids is 1. The van der Waals surface area contributed by atoms with E-state index < -0.39 is 5.97 Å². The van der Waals surface area contributed by atoms with Crippen molar-refractivity contribution >= 4 is 33.2 Å². The standard InChI is InChI=1S/C14H20BrNO3S/c1-10-13(15)8-12(20-10)9-16-5-2-11(3-6-16)19-7-4-14(17)18/h8,11H,2-7,9H2,1H3,(H,17,18). The first-order valence-electron chi connectivity index (χ1n) is 6.85. The number of piperidine rings is 1. The summed E-state index contributed by atoms with van der Waals surface area (Å²) >= 11 is 5.40. The molecule has 0 saturated carbocycles. The largest absolute Gasteiger partial charge is 0.481 e. The molecule has 6 heteroatoms. The fourth-order valence-electron chi connectivity index (χ4n) is 2.36. The Labute approximate surface area is 131 Å². The van der Waals surface area contributed by atoms with Crippen LogP contribution in [0, 0.1) is 6.92 Å². The molecular formula is C14H20BrNO3S. The molecule has 0 bridgehead atoms. The molecule has 1 saturated heterocycles. The third-order valence-corrected chi connectivity index (χ3v) is 5.61. The van der Waals surface area contributed by atoms with Crippen LogP contribution in [-0.2, 0) is 16.1 Å². The topological polar surface area (TPSA) is 49.8 Å². The summed E-state index contributed by atoms with van der Waals surface area (Å²) in [6.07, 6.45) is 2.31. The van der Waals surface area contributed by atoms with E-state index in [1.54, 1.807) is 0 Å². The van der Waals surface area contributed by atoms with Crippen molar-refractivity contribution in [1.82, 2.24) is 4.90 Å². The first-order chi connectivity index (χ1) is 9.54. The molecule has 0 amide bonds. The summed E-state index contributed by atoms with van der Waals surface area (Å²) < 4.78 is 6.80. The summed E-state index contributed by atoms with van der Waals surface area (Å²) in [5, 5.41) is 8.58. The molecule has 1 aromatic heterocycles. The third-order valence-electron chi connectivity index (χ3n) is 3.49. The van der Waals surface area contributed by atoms with Crippen LogP contribution in [-0.4, -0.2) is 41.8 Å². The van der Waals surface area contributed by atoms with E-state index >= 15 is 0 Å². The Morgan fingerprint density at radius 1 is 1.55 bits per heavy atom. The number of hydrogen-bond acceptors (Lipinski definition) is 4. The third kappa shape index (κ3) is 4.84. The van der Waals surface area contributed by atoms with Crippen LogP contribution in [0.15, 0.2) is 10.5 Å². The number of ether oxygens (including phenoxy) is 1. The van der Waals surface area contributed by atoms with Crippen molar-refractivity contribution in [3.63, 3.8) is 0 Å². The molecule has 1 aliphatic rings. The van der Waals surface area contributed by atoms with Crippen LogP contribution in [0.5, 0.6) is 0 Å². The van der Waals surface area contributed by atoms with Crippen molar-refractivity contribution in [2.45, 2.75) is 38.8 Å². The van der Waals surface area contributed by atoms with Gasteiger partial charge in [0.1, 0.15) is 0 Å². The minimum Gasteiger partial charge on any atom is -0.481 e. The van der Waals surface area contributed by atoms with Crippen LogP contribution in [0.3, 0.4) is 0 Å². The molecule has 1 fully saturated rings. The second kappa shape index (κ2) is 7.54. The maximum absolute atomic E-state index is 10.4. The molecule has 0 unspecified atom stereocenters. The summed E-state index contributed by atoms with van der Waals surface area (Å²) in [5.74, 6) is -0.791. The quantitative estimate of drug-likeness (QED) is 0.844. The highest BCUT2D eigenvalue weighted by molar-refractivity contribution is 9.10. The number of rotatable bonds is 6. The lowest BCUT2D eigenvalue weighted by molar-refractivity contribution is -0.138. The van der Waals surface area contributed by atoms with Crippen molar-refractivity contribution in [1.29, 1.82) is 0 Å². The maximum Gasteiger partial charge on any atom is 0.305 e. The fourth-order valence-corrected chi connectivity index (χ4v) is 4.01. The van der Waals surface area contributed by atoms with Crippen LogP contribution >= 0.6 is 27.3 Å². The van der Waals surface area contributed by atoms with Crippen LogP contribution < -0.4 is 0 Å². The number of aryl methyl sites for hydroxylation is 1. The van der Waals surface area contributed by atoms with Crippen LogP contribution in [0.25, 0.3) is 0 Å². The Kier molecular flexibility index (Phi) is 6.01. The number of carboxylic acids is 1. The highest BCUT2D eigenvalue weighted by Gasteiger charge is 2.20. The van der Waals surface area contributed by atoms with Gasteiger partial charge in [0.25, 0.3) is 0 Å².